The molecule has 1 aromatic carbocycles. The number of hydrogen-bond acceptors (Lipinski definition) is 2. The van der Waals surface area contributed by atoms with Gasteiger partial charge in [-0.3, -0.25) is 9.48 Å². The molecule has 0 aliphatic rings. The third kappa shape index (κ3) is 2.40. The van der Waals surface area contributed by atoms with Crippen molar-refractivity contribution in [1.29, 1.82) is 0 Å². The lowest BCUT2D eigenvalue weighted by Crippen LogP contribution is -2.14. The molecule has 2 rings (SSSR count). The van der Waals surface area contributed by atoms with Crippen LogP contribution in [0.5, 0.6) is 0 Å². The van der Waals surface area contributed by atoms with Crippen LogP contribution in [0.25, 0.3) is 0 Å². The molecule has 94 valence electrons. The van der Waals surface area contributed by atoms with Gasteiger partial charge in [0.05, 0.1) is 11.8 Å². The third-order valence-corrected chi connectivity index (χ3v) is 4.16. The second kappa shape index (κ2) is 5.09. The Kier molecular flexibility index (Phi) is 3.70. The Bertz CT molecular complexity index is 604. The van der Waals surface area contributed by atoms with Crippen LogP contribution in [0.1, 0.15) is 21.6 Å². The summed E-state index contributed by atoms with van der Waals surface area (Å²) in [4.78, 5) is 12.1. The van der Waals surface area contributed by atoms with Crippen LogP contribution < -0.4 is 5.32 Å². The van der Waals surface area contributed by atoms with Gasteiger partial charge >= 0.3 is 0 Å². The Morgan fingerprint density at radius 3 is 2.72 bits per heavy atom. The highest BCUT2D eigenvalue weighted by Crippen LogP contribution is 2.21. The fourth-order valence-corrected chi connectivity index (χ4v) is 2.15. The highest BCUT2D eigenvalue weighted by molar-refractivity contribution is 14.1. The molecule has 0 aliphatic carbocycles. The van der Waals surface area contributed by atoms with Crippen molar-refractivity contribution >= 4 is 34.2 Å². The smallest absolute Gasteiger partial charge is 0.259 e. The molecule has 1 heterocycles. The standard InChI is InChI=1S/C13H14IN3O/c1-8-11(14)5-4-6-12(8)16-13(18)10-7-15-17(3)9(10)2/h4-7H,1-3H3,(H,16,18). The van der Waals surface area contributed by atoms with E-state index >= 15 is 0 Å². The van der Waals surface area contributed by atoms with E-state index in [1.807, 2.05) is 39.1 Å². The molecule has 1 aromatic heterocycles. The van der Waals surface area contributed by atoms with E-state index < -0.39 is 0 Å². The third-order valence-electron chi connectivity index (χ3n) is 3.00. The molecule has 5 heteroatoms. The largest absolute Gasteiger partial charge is 0.322 e. The molecule has 1 amide bonds. The van der Waals surface area contributed by atoms with Gasteiger partial charge in [-0.05, 0) is 54.1 Å². The molecule has 0 saturated heterocycles. The van der Waals surface area contributed by atoms with Gasteiger partial charge in [0.25, 0.3) is 5.91 Å². The fraction of sp³-hybridized carbons (Fsp3) is 0.231. The molecule has 1 N–H and O–H groups in total. The first-order valence-electron chi connectivity index (χ1n) is 5.55. The Labute approximate surface area is 120 Å². The maximum atomic E-state index is 12.1. The second-order valence-corrected chi connectivity index (χ2v) is 5.30. The molecule has 0 spiro atoms. The first-order chi connectivity index (χ1) is 8.50. The van der Waals surface area contributed by atoms with E-state index in [4.69, 9.17) is 0 Å². The molecule has 0 bridgehead atoms. The van der Waals surface area contributed by atoms with Gasteiger partial charge < -0.3 is 5.32 Å². The van der Waals surface area contributed by atoms with Gasteiger partial charge in [-0.2, -0.15) is 5.10 Å². The minimum absolute atomic E-state index is 0.120. The summed E-state index contributed by atoms with van der Waals surface area (Å²) in [5.74, 6) is -0.120. The van der Waals surface area contributed by atoms with Gasteiger partial charge in [-0.1, -0.05) is 6.07 Å². The predicted octanol–water partition coefficient (Wildman–Crippen LogP) is 2.89. The molecule has 0 radical (unpaired) electrons. The number of anilines is 1. The molecule has 0 saturated carbocycles. The summed E-state index contributed by atoms with van der Waals surface area (Å²) in [5, 5.41) is 7.00. The summed E-state index contributed by atoms with van der Waals surface area (Å²) >= 11 is 2.25. The first kappa shape index (κ1) is 13.1. The number of halogens is 1. The predicted molar refractivity (Wildman–Crippen MR) is 79.8 cm³/mol. The van der Waals surface area contributed by atoms with Crippen LogP contribution in [0.15, 0.2) is 24.4 Å². The maximum absolute atomic E-state index is 12.1. The molecular weight excluding hydrogens is 341 g/mol. The number of amides is 1. The number of benzene rings is 1. The number of carbonyl (C=O) groups is 1. The summed E-state index contributed by atoms with van der Waals surface area (Å²) < 4.78 is 2.82. The van der Waals surface area contributed by atoms with E-state index in [0.717, 1.165) is 20.5 Å². The van der Waals surface area contributed by atoms with Crippen molar-refractivity contribution in [2.75, 3.05) is 5.32 Å². The van der Waals surface area contributed by atoms with Crippen LogP contribution in [0.4, 0.5) is 5.69 Å². The molecule has 2 aromatic rings. The van der Waals surface area contributed by atoms with Crippen LogP contribution in [0, 0.1) is 17.4 Å². The summed E-state index contributed by atoms with van der Waals surface area (Å²) in [6, 6.07) is 5.85. The zero-order valence-corrected chi connectivity index (χ0v) is 12.6. The van der Waals surface area contributed by atoms with Crippen LogP contribution >= 0.6 is 22.6 Å². The lowest BCUT2D eigenvalue weighted by molar-refractivity contribution is 0.102. The lowest BCUT2D eigenvalue weighted by atomic mass is 10.2. The fourth-order valence-electron chi connectivity index (χ4n) is 1.65. The van der Waals surface area contributed by atoms with Crippen molar-refractivity contribution in [3.63, 3.8) is 0 Å². The molecule has 0 unspecified atom stereocenters. The Morgan fingerprint density at radius 1 is 1.39 bits per heavy atom. The van der Waals surface area contributed by atoms with Gasteiger partial charge in [0.1, 0.15) is 0 Å². The molecule has 4 nitrogen and oxygen atoms in total. The van der Waals surface area contributed by atoms with Crippen molar-refractivity contribution in [1.82, 2.24) is 9.78 Å². The molecule has 0 atom stereocenters. The summed E-state index contributed by atoms with van der Waals surface area (Å²) in [6.07, 6.45) is 1.59. The van der Waals surface area contributed by atoms with Gasteiger partial charge in [0.2, 0.25) is 0 Å². The molecular formula is C13H14IN3O. The topological polar surface area (TPSA) is 46.9 Å². The van der Waals surface area contributed by atoms with Crippen LogP contribution in [0.2, 0.25) is 0 Å². The number of aryl methyl sites for hydroxylation is 1. The number of aromatic nitrogens is 2. The zero-order valence-electron chi connectivity index (χ0n) is 10.5. The van der Waals surface area contributed by atoms with E-state index in [-0.39, 0.29) is 5.91 Å². The SMILES string of the molecule is Cc1c(I)cccc1NC(=O)c1cnn(C)c1C. The van der Waals surface area contributed by atoms with Gasteiger partial charge in [-0.15, -0.1) is 0 Å². The van der Waals surface area contributed by atoms with Crippen molar-refractivity contribution in [2.45, 2.75) is 13.8 Å². The zero-order chi connectivity index (χ0) is 13.3. The Morgan fingerprint density at radius 2 is 2.11 bits per heavy atom. The molecule has 0 fully saturated rings. The highest BCUT2D eigenvalue weighted by Gasteiger charge is 2.14. The number of nitrogens with one attached hydrogen (secondary N) is 1. The summed E-state index contributed by atoms with van der Waals surface area (Å²) in [5.41, 5.74) is 3.38. The average molecular weight is 355 g/mol. The Hall–Kier alpha value is -1.37. The minimum Gasteiger partial charge on any atom is -0.322 e. The molecule has 0 aliphatic heterocycles. The normalized spacial score (nSPS) is 10.4. The van der Waals surface area contributed by atoms with Gasteiger partial charge in [0, 0.05) is 22.0 Å². The number of nitrogens with zero attached hydrogens (tertiary/aromatic N) is 2. The first-order valence-corrected chi connectivity index (χ1v) is 6.63. The number of hydrogen-bond donors (Lipinski definition) is 1. The van der Waals surface area contributed by atoms with Gasteiger partial charge in [-0.25, -0.2) is 0 Å². The van der Waals surface area contributed by atoms with E-state index in [1.54, 1.807) is 10.9 Å². The van der Waals surface area contributed by atoms with Crippen molar-refractivity contribution < 1.29 is 4.79 Å². The number of rotatable bonds is 2. The van der Waals surface area contributed by atoms with Crippen LogP contribution in [-0.2, 0) is 7.05 Å². The van der Waals surface area contributed by atoms with Crippen LogP contribution in [-0.4, -0.2) is 15.7 Å². The highest BCUT2D eigenvalue weighted by atomic mass is 127. The van der Waals surface area contributed by atoms with Crippen molar-refractivity contribution in [3.8, 4) is 0 Å². The Balaban J connectivity index is 2.27. The van der Waals surface area contributed by atoms with E-state index in [9.17, 15) is 4.79 Å². The van der Waals surface area contributed by atoms with Crippen molar-refractivity contribution in [2.24, 2.45) is 7.05 Å². The maximum Gasteiger partial charge on any atom is 0.259 e. The second-order valence-electron chi connectivity index (χ2n) is 4.13. The van der Waals surface area contributed by atoms with Crippen molar-refractivity contribution in [3.05, 3.63) is 44.8 Å². The average Bonchev–Trinajstić information content (AvgIpc) is 2.66. The van der Waals surface area contributed by atoms with E-state index in [2.05, 4.69) is 33.0 Å². The minimum atomic E-state index is -0.120. The van der Waals surface area contributed by atoms with E-state index in [1.165, 1.54) is 0 Å². The van der Waals surface area contributed by atoms with E-state index in [0.29, 0.717) is 5.56 Å². The lowest BCUT2D eigenvalue weighted by Gasteiger charge is -2.09. The molecule has 18 heavy (non-hydrogen) atoms. The monoisotopic (exact) mass is 355 g/mol. The van der Waals surface area contributed by atoms with Gasteiger partial charge in [0.15, 0.2) is 0 Å². The number of carbonyl (C=O) groups excluding carboxylic acids is 1. The van der Waals surface area contributed by atoms with Crippen LogP contribution in [0.3, 0.4) is 0 Å². The summed E-state index contributed by atoms with van der Waals surface area (Å²) in [6.45, 7) is 3.87. The summed E-state index contributed by atoms with van der Waals surface area (Å²) in [7, 11) is 1.82. The quantitative estimate of drug-likeness (QED) is 0.843.